The predicted octanol–water partition coefficient (Wildman–Crippen LogP) is 5.85. The van der Waals surface area contributed by atoms with Crippen molar-refractivity contribution in [3.63, 3.8) is 0 Å². The van der Waals surface area contributed by atoms with Gasteiger partial charge in [-0.05, 0) is 25.0 Å². The molecule has 134 valence electrons. The molecular weight excluding hydrogens is 375 g/mol. The van der Waals surface area contributed by atoms with Crippen LogP contribution >= 0.6 is 34.8 Å². The van der Waals surface area contributed by atoms with Gasteiger partial charge in [0.25, 0.3) is 0 Å². The van der Waals surface area contributed by atoms with E-state index in [0.29, 0.717) is 18.1 Å². The molecule has 0 spiro atoms. The number of halogens is 3. The summed E-state index contributed by atoms with van der Waals surface area (Å²) < 4.78 is 10.2. The van der Waals surface area contributed by atoms with Gasteiger partial charge in [0.1, 0.15) is 0 Å². The van der Waals surface area contributed by atoms with Gasteiger partial charge < -0.3 is 9.47 Å². The molecule has 0 aromatic heterocycles. The quantitative estimate of drug-likeness (QED) is 0.283. The minimum Gasteiger partial charge on any atom is -0.466 e. The monoisotopic (exact) mass is 394 g/mol. The molecule has 0 N–H and O–H groups in total. The molecule has 0 amide bonds. The maximum atomic E-state index is 11.8. The van der Waals surface area contributed by atoms with Crippen LogP contribution in [0.25, 0.3) is 0 Å². The van der Waals surface area contributed by atoms with Crippen molar-refractivity contribution in [3.8, 4) is 5.75 Å². The van der Waals surface area contributed by atoms with Crippen LogP contribution in [0.15, 0.2) is 12.1 Å². The SMILES string of the molecule is CCCCCCOC(=O)CCCC(=O)Oc1c(Cl)cc(Cl)cc1Cl. The van der Waals surface area contributed by atoms with Gasteiger partial charge in [0.2, 0.25) is 0 Å². The van der Waals surface area contributed by atoms with Crippen LogP contribution in [0.4, 0.5) is 0 Å². The second-order valence-electron chi connectivity index (χ2n) is 5.31. The third-order valence-corrected chi connectivity index (χ3v) is 3.98. The molecule has 0 radical (unpaired) electrons. The Morgan fingerprint density at radius 3 is 2.17 bits per heavy atom. The normalized spacial score (nSPS) is 10.5. The number of unbranched alkanes of at least 4 members (excludes halogenated alkanes) is 3. The molecule has 1 rings (SSSR count). The molecule has 0 atom stereocenters. The molecule has 4 nitrogen and oxygen atoms in total. The van der Waals surface area contributed by atoms with Crippen molar-refractivity contribution in [2.24, 2.45) is 0 Å². The number of ether oxygens (including phenoxy) is 2. The van der Waals surface area contributed by atoms with Gasteiger partial charge in [0.05, 0.1) is 16.7 Å². The fourth-order valence-corrected chi connectivity index (χ4v) is 2.85. The standard InChI is InChI=1S/C17H21Cl3O4/c1-2-3-4-5-9-23-15(21)7-6-8-16(22)24-17-13(19)10-12(18)11-14(17)20/h10-11H,2-9H2,1H3. The summed E-state index contributed by atoms with van der Waals surface area (Å²) in [5.41, 5.74) is 0. The molecule has 0 heterocycles. The van der Waals surface area contributed by atoms with E-state index in [9.17, 15) is 9.59 Å². The number of benzene rings is 1. The molecule has 0 fully saturated rings. The van der Waals surface area contributed by atoms with Gasteiger partial charge in [-0.3, -0.25) is 9.59 Å². The van der Waals surface area contributed by atoms with Crippen molar-refractivity contribution in [3.05, 3.63) is 27.2 Å². The summed E-state index contributed by atoms with van der Waals surface area (Å²) in [7, 11) is 0. The van der Waals surface area contributed by atoms with Crippen LogP contribution in [0, 0.1) is 0 Å². The van der Waals surface area contributed by atoms with Gasteiger partial charge in [-0.1, -0.05) is 61.0 Å². The maximum absolute atomic E-state index is 11.8. The van der Waals surface area contributed by atoms with Crippen LogP contribution in [-0.4, -0.2) is 18.5 Å². The number of carbonyl (C=O) groups is 2. The average molecular weight is 396 g/mol. The number of esters is 2. The summed E-state index contributed by atoms with van der Waals surface area (Å²) in [4.78, 5) is 23.3. The van der Waals surface area contributed by atoms with Crippen LogP contribution in [0.5, 0.6) is 5.75 Å². The molecule has 0 aliphatic rings. The first-order valence-corrected chi connectivity index (χ1v) is 9.08. The summed E-state index contributed by atoms with van der Waals surface area (Å²) in [6, 6.07) is 2.88. The first kappa shape index (κ1) is 21.1. The van der Waals surface area contributed by atoms with Crippen LogP contribution in [0.3, 0.4) is 0 Å². The molecule has 1 aromatic carbocycles. The van der Waals surface area contributed by atoms with Gasteiger partial charge >= 0.3 is 11.9 Å². The largest absolute Gasteiger partial charge is 0.466 e. The lowest BCUT2D eigenvalue weighted by Gasteiger charge is -2.09. The minimum absolute atomic E-state index is 0.0697. The van der Waals surface area contributed by atoms with Crippen molar-refractivity contribution in [1.29, 1.82) is 0 Å². The first-order valence-electron chi connectivity index (χ1n) is 7.95. The van der Waals surface area contributed by atoms with E-state index >= 15 is 0 Å². The summed E-state index contributed by atoms with van der Waals surface area (Å²) in [6.45, 7) is 2.55. The molecule has 0 aliphatic carbocycles. The minimum atomic E-state index is -0.517. The number of hydrogen-bond acceptors (Lipinski definition) is 4. The highest BCUT2D eigenvalue weighted by Crippen LogP contribution is 2.36. The van der Waals surface area contributed by atoms with Gasteiger partial charge in [0.15, 0.2) is 5.75 Å². The van der Waals surface area contributed by atoms with E-state index in [1.165, 1.54) is 12.1 Å². The highest BCUT2D eigenvalue weighted by molar-refractivity contribution is 6.40. The highest BCUT2D eigenvalue weighted by atomic mass is 35.5. The van der Waals surface area contributed by atoms with Crippen molar-refractivity contribution < 1.29 is 19.1 Å². The number of carbonyl (C=O) groups excluding carboxylic acids is 2. The Morgan fingerprint density at radius 2 is 1.54 bits per heavy atom. The van der Waals surface area contributed by atoms with Crippen LogP contribution < -0.4 is 4.74 Å². The van der Waals surface area contributed by atoms with Crippen molar-refractivity contribution in [2.75, 3.05) is 6.61 Å². The molecule has 24 heavy (non-hydrogen) atoms. The molecule has 0 saturated heterocycles. The van der Waals surface area contributed by atoms with E-state index in [4.69, 9.17) is 44.3 Å². The Labute approximate surface area is 157 Å². The Hall–Kier alpha value is -0.970. The zero-order chi connectivity index (χ0) is 17.9. The van der Waals surface area contributed by atoms with E-state index in [1.54, 1.807) is 0 Å². The number of hydrogen-bond donors (Lipinski definition) is 0. The molecule has 0 saturated carbocycles. The number of rotatable bonds is 10. The van der Waals surface area contributed by atoms with E-state index in [-0.39, 0.29) is 34.6 Å². The van der Waals surface area contributed by atoms with Crippen molar-refractivity contribution in [2.45, 2.75) is 51.9 Å². The van der Waals surface area contributed by atoms with Crippen molar-refractivity contribution >= 4 is 46.7 Å². The van der Waals surface area contributed by atoms with E-state index in [0.717, 1.165) is 25.7 Å². The van der Waals surface area contributed by atoms with E-state index in [2.05, 4.69) is 6.92 Å². The fourth-order valence-electron chi connectivity index (χ4n) is 1.96. The maximum Gasteiger partial charge on any atom is 0.311 e. The molecule has 7 heteroatoms. The smallest absolute Gasteiger partial charge is 0.311 e. The van der Waals surface area contributed by atoms with Crippen LogP contribution in [-0.2, 0) is 14.3 Å². The lowest BCUT2D eigenvalue weighted by Crippen LogP contribution is -2.11. The fraction of sp³-hybridized carbons (Fsp3) is 0.529. The molecular formula is C17H21Cl3O4. The van der Waals surface area contributed by atoms with Gasteiger partial charge in [-0.25, -0.2) is 0 Å². The lowest BCUT2D eigenvalue weighted by molar-refractivity contribution is -0.144. The Morgan fingerprint density at radius 1 is 0.917 bits per heavy atom. The van der Waals surface area contributed by atoms with Crippen molar-refractivity contribution in [1.82, 2.24) is 0 Å². The van der Waals surface area contributed by atoms with Gasteiger partial charge in [-0.15, -0.1) is 0 Å². The topological polar surface area (TPSA) is 52.6 Å². The Kier molecular flexibility index (Phi) is 10.2. The third-order valence-electron chi connectivity index (χ3n) is 3.20. The summed E-state index contributed by atoms with van der Waals surface area (Å²) in [5, 5.41) is 0.672. The second kappa shape index (κ2) is 11.6. The zero-order valence-electron chi connectivity index (χ0n) is 13.6. The molecule has 0 unspecified atom stereocenters. The Bertz CT molecular complexity index is 538. The summed E-state index contributed by atoms with van der Waals surface area (Å²) >= 11 is 17.7. The van der Waals surface area contributed by atoms with E-state index in [1.807, 2.05) is 0 Å². The Balaban J connectivity index is 2.26. The third kappa shape index (κ3) is 8.22. The molecule has 1 aromatic rings. The average Bonchev–Trinajstić information content (AvgIpc) is 2.50. The molecule has 0 bridgehead atoms. The highest BCUT2D eigenvalue weighted by Gasteiger charge is 2.14. The van der Waals surface area contributed by atoms with Gasteiger partial charge in [-0.2, -0.15) is 0 Å². The predicted molar refractivity (Wildman–Crippen MR) is 96.1 cm³/mol. The van der Waals surface area contributed by atoms with Crippen LogP contribution in [0.1, 0.15) is 51.9 Å². The molecule has 0 aliphatic heterocycles. The summed E-state index contributed by atoms with van der Waals surface area (Å²) in [5.74, 6) is -0.745. The zero-order valence-corrected chi connectivity index (χ0v) is 15.8. The van der Waals surface area contributed by atoms with Gasteiger partial charge in [0, 0.05) is 17.9 Å². The second-order valence-corrected chi connectivity index (χ2v) is 6.56. The first-order chi connectivity index (χ1) is 11.4. The van der Waals surface area contributed by atoms with E-state index < -0.39 is 5.97 Å². The lowest BCUT2D eigenvalue weighted by atomic mass is 10.2. The van der Waals surface area contributed by atoms with Crippen LogP contribution in [0.2, 0.25) is 15.1 Å². The summed E-state index contributed by atoms with van der Waals surface area (Å²) in [6.07, 6.45) is 4.78.